The molecule has 2 amide bonds. The Morgan fingerprint density at radius 3 is 2.62 bits per heavy atom. The normalized spacial score (nSPS) is 10.9. The fourth-order valence-corrected chi connectivity index (χ4v) is 2.42. The number of nitro benzene ring substituents is 1. The largest absolute Gasteiger partial charge is 0.298 e. The summed E-state index contributed by atoms with van der Waals surface area (Å²) in [5.74, 6) is -1.10. The Labute approximate surface area is 160 Å². The Morgan fingerprint density at radius 1 is 1.31 bits per heavy atom. The highest BCUT2D eigenvalue weighted by molar-refractivity contribution is 7.15. The van der Waals surface area contributed by atoms with Gasteiger partial charge in [-0.25, -0.2) is 5.43 Å². The molecule has 1 heterocycles. The summed E-state index contributed by atoms with van der Waals surface area (Å²) in [6.07, 6.45) is 1.24. The van der Waals surface area contributed by atoms with Gasteiger partial charge in [-0.1, -0.05) is 34.5 Å². The standard InChI is InChI=1S/C13H10Cl2N6O4S/c14-11(15)12(23)17-13-20-19-10(26-13)5-9(22)18-16-6-7-1-3-8(4-2-7)21(24)25/h1-4,6,11H,5H2,(H,18,22)(H,17,20,23)/b16-6-. The zero-order chi connectivity index (χ0) is 19.1. The summed E-state index contributed by atoms with van der Waals surface area (Å²) >= 11 is 11.8. The summed E-state index contributed by atoms with van der Waals surface area (Å²) in [6, 6.07) is 5.64. The second-order valence-corrected chi connectivity index (χ2v) is 6.77. The van der Waals surface area contributed by atoms with Gasteiger partial charge in [-0.2, -0.15) is 5.10 Å². The quantitative estimate of drug-likeness (QED) is 0.305. The Hall–Kier alpha value is -2.63. The van der Waals surface area contributed by atoms with Crippen molar-refractivity contribution in [1.82, 2.24) is 15.6 Å². The maximum Gasteiger partial charge on any atom is 0.269 e. The van der Waals surface area contributed by atoms with E-state index >= 15 is 0 Å². The average Bonchev–Trinajstić information content (AvgIpc) is 3.02. The van der Waals surface area contributed by atoms with Gasteiger partial charge in [0.05, 0.1) is 17.6 Å². The molecule has 2 aromatic rings. The molecule has 1 aromatic carbocycles. The molecule has 0 aliphatic rings. The van der Waals surface area contributed by atoms with Crippen molar-refractivity contribution < 1.29 is 14.5 Å². The van der Waals surface area contributed by atoms with Crippen LogP contribution in [0, 0.1) is 10.1 Å². The summed E-state index contributed by atoms with van der Waals surface area (Å²) < 4.78 is 0. The molecule has 0 unspecified atom stereocenters. The predicted octanol–water partition coefficient (Wildman–Crippen LogP) is 1.88. The number of alkyl halides is 2. The molecule has 10 nitrogen and oxygen atoms in total. The molecule has 2 N–H and O–H groups in total. The molecule has 2 rings (SSSR count). The molecule has 0 saturated heterocycles. The van der Waals surface area contributed by atoms with E-state index in [0.29, 0.717) is 10.6 Å². The van der Waals surface area contributed by atoms with E-state index in [9.17, 15) is 19.7 Å². The number of hydrazone groups is 1. The van der Waals surface area contributed by atoms with Crippen LogP contribution in [0.5, 0.6) is 0 Å². The highest BCUT2D eigenvalue weighted by atomic mass is 35.5. The van der Waals surface area contributed by atoms with Crippen LogP contribution in [0.25, 0.3) is 0 Å². The van der Waals surface area contributed by atoms with E-state index in [1.165, 1.54) is 30.5 Å². The minimum Gasteiger partial charge on any atom is -0.298 e. The molecular formula is C13H10Cl2N6O4S. The predicted molar refractivity (Wildman–Crippen MR) is 96.6 cm³/mol. The van der Waals surface area contributed by atoms with Crippen LogP contribution in [0.4, 0.5) is 10.8 Å². The molecule has 26 heavy (non-hydrogen) atoms. The molecule has 0 bridgehead atoms. The first-order valence-corrected chi connectivity index (χ1v) is 8.52. The third-order valence-corrected chi connectivity index (χ3v) is 3.95. The second kappa shape index (κ2) is 9.17. The lowest BCUT2D eigenvalue weighted by Gasteiger charge is -1.99. The van der Waals surface area contributed by atoms with Crippen LogP contribution in [-0.2, 0) is 16.0 Å². The van der Waals surface area contributed by atoms with E-state index in [-0.39, 0.29) is 17.2 Å². The molecule has 0 spiro atoms. The number of benzene rings is 1. The first kappa shape index (κ1) is 19.7. The summed E-state index contributed by atoms with van der Waals surface area (Å²) in [5.41, 5.74) is 2.83. The lowest BCUT2D eigenvalue weighted by molar-refractivity contribution is -0.384. The van der Waals surface area contributed by atoms with E-state index in [2.05, 4.69) is 26.0 Å². The number of nitrogens with one attached hydrogen (secondary N) is 2. The number of carbonyl (C=O) groups excluding carboxylic acids is 2. The number of carbonyl (C=O) groups is 2. The van der Waals surface area contributed by atoms with Gasteiger partial charge in [0, 0.05) is 12.1 Å². The van der Waals surface area contributed by atoms with E-state index in [4.69, 9.17) is 23.2 Å². The van der Waals surface area contributed by atoms with Gasteiger partial charge >= 0.3 is 0 Å². The van der Waals surface area contributed by atoms with Crippen LogP contribution in [0.3, 0.4) is 0 Å². The van der Waals surface area contributed by atoms with Gasteiger partial charge in [0.15, 0.2) is 4.84 Å². The summed E-state index contributed by atoms with van der Waals surface area (Å²) in [4.78, 5) is 31.9. The number of hydrogen-bond acceptors (Lipinski definition) is 8. The molecule has 13 heteroatoms. The lowest BCUT2D eigenvalue weighted by Crippen LogP contribution is -2.19. The minimum atomic E-state index is -1.24. The number of amides is 2. The molecule has 0 atom stereocenters. The van der Waals surface area contributed by atoms with Crippen LogP contribution in [0.2, 0.25) is 0 Å². The van der Waals surface area contributed by atoms with Crippen molar-refractivity contribution in [3.63, 3.8) is 0 Å². The fraction of sp³-hybridized carbons (Fsp3) is 0.154. The van der Waals surface area contributed by atoms with Crippen LogP contribution in [-0.4, -0.2) is 38.0 Å². The molecule has 0 fully saturated rings. The maximum atomic E-state index is 11.8. The Bertz CT molecular complexity index is 839. The lowest BCUT2D eigenvalue weighted by atomic mass is 10.2. The first-order chi connectivity index (χ1) is 12.3. The smallest absolute Gasteiger partial charge is 0.269 e. The maximum absolute atomic E-state index is 11.8. The number of nitrogens with zero attached hydrogens (tertiary/aromatic N) is 4. The Balaban J connectivity index is 1.84. The number of anilines is 1. The molecule has 1 aromatic heterocycles. The molecule has 0 saturated carbocycles. The summed E-state index contributed by atoms with van der Waals surface area (Å²) in [7, 11) is 0. The average molecular weight is 417 g/mol. The molecule has 0 aliphatic heterocycles. The van der Waals surface area contributed by atoms with Crippen molar-refractivity contribution in [1.29, 1.82) is 0 Å². The Morgan fingerprint density at radius 2 is 2.00 bits per heavy atom. The third-order valence-electron chi connectivity index (χ3n) is 2.71. The van der Waals surface area contributed by atoms with Gasteiger partial charge < -0.3 is 0 Å². The van der Waals surface area contributed by atoms with Crippen molar-refractivity contribution >= 4 is 63.4 Å². The number of nitro groups is 1. The number of non-ortho nitro benzene ring substituents is 1. The molecule has 0 aliphatic carbocycles. The summed E-state index contributed by atoms with van der Waals surface area (Å²) in [5, 5.41) is 24.6. The number of halogens is 2. The van der Waals surface area contributed by atoms with Gasteiger partial charge in [0.1, 0.15) is 5.01 Å². The van der Waals surface area contributed by atoms with Gasteiger partial charge in [-0.3, -0.25) is 25.0 Å². The SMILES string of the molecule is O=C(Cc1nnc(NC(=O)C(Cl)Cl)s1)N/N=C\c1ccc([N+](=O)[O-])cc1. The second-order valence-electron chi connectivity index (χ2n) is 4.61. The van der Waals surface area contributed by atoms with E-state index in [1.54, 1.807) is 0 Å². The van der Waals surface area contributed by atoms with Crippen LogP contribution in [0.1, 0.15) is 10.6 Å². The van der Waals surface area contributed by atoms with Gasteiger partial charge in [0.25, 0.3) is 11.6 Å². The molecule has 0 radical (unpaired) electrons. The number of hydrogen-bond donors (Lipinski definition) is 2. The van der Waals surface area contributed by atoms with Crippen LogP contribution in [0.15, 0.2) is 29.4 Å². The number of rotatable bonds is 7. The molecule has 136 valence electrons. The van der Waals surface area contributed by atoms with Crippen molar-refractivity contribution in [2.75, 3.05) is 5.32 Å². The molecular weight excluding hydrogens is 407 g/mol. The zero-order valence-corrected chi connectivity index (χ0v) is 15.1. The Kier molecular flexibility index (Phi) is 6.95. The monoisotopic (exact) mass is 416 g/mol. The van der Waals surface area contributed by atoms with Gasteiger partial charge in [0.2, 0.25) is 11.0 Å². The zero-order valence-electron chi connectivity index (χ0n) is 12.8. The third kappa shape index (κ3) is 6.02. The highest BCUT2D eigenvalue weighted by Crippen LogP contribution is 2.17. The van der Waals surface area contributed by atoms with Crippen LogP contribution < -0.4 is 10.7 Å². The first-order valence-electron chi connectivity index (χ1n) is 6.83. The van der Waals surface area contributed by atoms with Crippen molar-refractivity contribution in [2.24, 2.45) is 5.10 Å². The van der Waals surface area contributed by atoms with Crippen molar-refractivity contribution in [2.45, 2.75) is 11.3 Å². The minimum absolute atomic E-state index is 0.0417. The van der Waals surface area contributed by atoms with E-state index < -0.39 is 21.6 Å². The van der Waals surface area contributed by atoms with Crippen LogP contribution >= 0.6 is 34.5 Å². The highest BCUT2D eigenvalue weighted by Gasteiger charge is 2.15. The van der Waals surface area contributed by atoms with Crippen molar-refractivity contribution in [3.8, 4) is 0 Å². The van der Waals surface area contributed by atoms with Gasteiger partial charge in [-0.05, 0) is 17.7 Å². The fourth-order valence-electron chi connectivity index (χ4n) is 1.57. The van der Waals surface area contributed by atoms with Crippen molar-refractivity contribution in [3.05, 3.63) is 45.0 Å². The van der Waals surface area contributed by atoms with E-state index in [0.717, 1.165) is 11.3 Å². The van der Waals surface area contributed by atoms with Gasteiger partial charge in [-0.15, -0.1) is 10.2 Å². The van der Waals surface area contributed by atoms with E-state index in [1.807, 2.05) is 0 Å². The summed E-state index contributed by atoms with van der Waals surface area (Å²) in [6.45, 7) is 0. The number of aromatic nitrogens is 2. The topological polar surface area (TPSA) is 139 Å².